The van der Waals surface area contributed by atoms with Gasteiger partial charge in [0, 0.05) is 31.7 Å². The van der Waals surface area contributed by atoms with Gasteiger partial charge < -0.3 is 25.2 Å². The summed E-state index contributed by atoms with van der Waals surface area (Å²) in [6, 6.07) is 29.0. The Morgan fingerprint density at radius 1 is 0.609 bits per heavy atom. The monoisotopic (exact) mass is 625 g/mol. The third-order valence-corrected chi connectivity index (χ3v) is 5.98. The number of carboxylic acids is 1. The van der Waals surface area contributed by atoms with Gasteiger partial charge in [0.05, 0.1) is 30.9 Å². The summed E-state index contributed by atoms with van der Waals surface area (Å²) in [5, 5.41) is 15.0. The number of aromatic nitrogens is 3. The Hall–Kier alpha value is -6.17. The summed E-state index contributed by atoms with van der Waals surface area (Å²) in [4.78, 5) is 44.0. The van der Waals surface area contributed by atoms with Crippen molar-refractivity contribution in [3.8, 4) is 0 Å². The average molecular weight is 626 g/mol. The highest BCUT2D eigenvalue weighted by atomic mass is 19.1. The van der Waals surface area contributed by atoms with E-state index in [1.54, 1.807) is 18.2 Å². The number of ether oxygens (including phenoxy) is 2. The van der Waals surface area contributed by atoms with Crippen molar-refractivity contribution >= 4 is 29.5 Å². The van der Waals surface area contributed by atoms with Crippen molar-refractivity contribution in [1.29, 1.82) is 0 Å². The molecule has 0 aliphatic heterocycles. The number of benzene rings is 2. The highest BCUT2D eigenvalue weighted by molar-refractivity contribution is 5.89. The van der Waals surface area contributed by atoms with Gasteiger partial charge in [0.1, 0.15) is 11.6 Å². The Morgan fingerprint density at radius 2 is 1.02 bits per heavy atom. The molecule has 11 nitrogen and oxygen atoms in total. The molecule has 3 N–H and O–H groups in total. The maximum absolute atomic E-state index is 12.2. The van der Waals surface area contributed by atoms with Crippen LogP contribution in [0.25, 0.3) is 0 Å². The van der Waals surface area contributed by atoms with Crippen LogP contribution in [0.4, 0.5) is 16.0 Å². The molecule has 0 bridgehead atoms. The van der Waals surface area contributed by atoms with Gasteiger partial charge in [-0.1, -0.05) is 60.7 Å². The molecule has 3 heterocycles. The van der Waals surface area contributed by atoms with Crippen molar-refractivity contribution in [1.82, 2.24) is 15.0 Å². The van der Waals surface area contributed by atoms with Gasteiger partial charge in [-0.3, -0.25) is 0 Å². The molecule has 0 fully saturated rings. The van der Waals surface area contributed by atoms with E-state index in [2.05, 4.69) is 35.1 Å². The number of rotatable bonds is 9. The predicted octanol–water partition coefficient (Wildman–Crippen LogP) is 5.88. The Balaban J connectivity index is 0.000000194. The number of esters is 2. The fraction of sp³-hybridized carbons (Fsp3) is 0.118. The number of hydrogen-bond acceptors (Lipinski definition) is 10. The Bertz CT molecular complexity index is 1660. The van der Waals surface area contributed by atoms with Crippen LogP contribution in [0.1, 0.15) is 42.2 Å². The molecule has 0 amide bonds. The van der Waals surface area contributed by atoms with Crippen molar-refractivity contribution in [3.05, 3.63) is 149 Å². The number of anilines is 2. The molecule has 5 rings (SSSR count). The number of methoxy groups -OCH3 is 2. The van der Waals surface area contributed by atoms with E-state index in [-0.39, 0.29) is 17.1 Å². The zero-order chi connectivity index (χ0) is 33.1. The van der Waals surface area contributed by atoms with Crippen molar-refractivity contribution in [2.45, 2.75) is 13.1 Å². The maximum atomic E-state index is 12.2. The van der Waals surface area contributed by atoms with Crippen LogP contribution < -0.4 is 10.6 Å². The van der Waals surface area contributed by atoms with Crippen LogP contribution in [-0.4, -0.2) is 52.2 Å². The molecule has 12 heteroatoms. The molecule has 3 aromatic heterocycles. The number of nitrogens with zero attached hydrogens (tertiary/aromatic N) is 3. The summed E-state index contributed by atoms with van der Waals surface area (Å²) in [5.74, 6) is -1.08. The second-order valence-corrected chi connectivity index (χ2v) is 9.20. The summed E-state index contributed by atoms with van der Waals surface area (Å²) in [7, 11) is 2.61. The quantitative estimate of drug-likeness (QED) is 0.133. The number of carbonyl (C=O) groups excluding carboxylic acids is 2. The summed E-state index contributed by atoms with van der Waals surface area (Å²) < 4.78 is 21.2. The van der Waals surface area contributed by atoms with Gasteiger partial charge in [-0.25, -0.2) is 29.3 Å². The highest BCUT2D eigenvalue weighted by Gasteiger charge is 2.06. The van der Waals surface area contributed by atoms with Crippen molar-refractivity contribution in [3.63, 3.8) is 0 Å². The minimum Gasteiger partial charge on any atom is -0.478 e. The van der Waals surface area contributed by atoms with Gasteiger partial charge >= 0.3 is 17.9 Å². The third kappa shape index (κ3) is 11.8. The van der Waals surface area contributed by atoms with Crippen molar-refractivity contribution < 1.29 is 33.4 Å². The van der Waals surface area contributed by atoms with Crippen LogP contribution >= 0.6 is 0 Å². The van der Waals surface area contributed by atoms with Gasteiger partial charge in [0.2, 0.25) is 5.95 Å². The Morgan fingerprint density at radius 3 is 1.37 bits per heavy atom. The normalized spacial score (nSPS) is 9.72. The van der Waals surface area contributed by atoms with Crippen LogP contribution in [0.3, 0.4) is 0 Å². The van der Waals surface area contributed by atoms with E-state index in [0.717, 1.165) is 23.6 Å². The largest absolute Gasteiger partial charge is 0.478 e. The Kier molecular flexibility index (Phi) is 13.8. The fourth-order valence-corrected chi connectivity index (χ4v) is 3.55. The van der Waals surface area contributed by atoms with E-state index in [0.29, 0.717) is 24.5 Å². The maximum Gasteiger partial charge on any atom is 0.339 e. The second kappa shape index (κ2) is 18.5. The zero-order valence-electron chi connectivity index (χ0n) is 25.1. The molecular weight excluding hydrogens is 593 g/mol. The molecule has 0 atom stereocenters. The van der Waals surface area contributed by atoms with Crippen molar-refractivity contribution in [2.75, 3.05) is 24.9 Å². The molecule has 0 aliphatic carbocycles. The average Bonchev–Trinajstić information content (AvgIpc) is 3.11. The lowest BCUT2D eigenvalue weighted by atomic mass is 10.2. The first-order valence-electron chi connectivity index (χ1n) is 13.8. The molecule has 0 aliphatic rings. The first-order valence-corrected chi connectivity index (χ1v) is 13.8. The SMILES string of the molecule is COC(=O)c1ccc(F)nc1.COC(=O)c1ccc(NCc2ccccc2)nc1.O=C(O)c1ccc(NCc2ccccc2)nc1. The van der Waals surface area contributed by atoms with E-state index in [4.69, 9.17) is 5.11 Å². The van der Waals surface area contributed by atoms with E-state index in [1.807, 2.05) is 60.7 Å². The summed E-state index contributed by atoms with van der Waals surface area (Å²) in [6.07, 6.45) is 3.97. The fourth-order valence-electron chi connectivity index (χ4n) is 3.55. The molecular formula is C34H32FN5O6. The van der Waals surface area contributed by atoms with Gasteiger partial charge in [-0.15, -0.1) is 0 Å². The predicted molar refractivity (Wildman–Crippen MR) is 170 cm³/mol. The summed E-state index contributed by atoms with van der Waals surface area (Å²) >= 11 is 0. The third-order valence-electron chi connectivity index (χ3n) is 5.98. The van der Waals surface area contributed by atoms with Crippen LogP contribution in [0, 0.1) is 5.95 Å². The van der Waals surface area contributed by atoms with Crippen LogP contribution in [-0.2, 0) is 22.6 Å². The standard InChI is InChI=1S/C14H14N2O2.C13H12N2O2.C7H6FNO2/c1-18-14(17)12-7-8-13(16-10-12)15-9-11-5-3-2-4-6-11;16-13(17)11-6-7-12(15-9-11)14-8-10-4-2-1-3-5-10;1-11-7(10)5-2-3-6(8)9-4-5/h2-8,10H,9H2,1H3,(H,15,16);1-7,9H,8H2,(H,14,15)(H,16,17);2-4H,1H3. The van der Waals surface area contributed by atoms with E-state index in [1.165, 1.54) is 44.3 Å². The molecule has 0 radical (unpaired) electrons. The van der Waals surface area contributed by atoms with E-state index in [9.17, 15) is 18.8 Å². The minimum absolute atomic E-state index is 0.190. The van der Waals surface area contributed by atoms with Gasteiger partial charge in [0.15, 0.2) is 0 Å². The number of carboxylic acid groups (broad SMARTS) is 1. The lowest BCUT2D eigenvalue weighted by Crippen LogP contribution is -2.04. The smallest absolute Gasteiger partial charge is 0.339 e. The topological polar surface area (TPSA) is 153 Å². The zero-order valence-corrected chi connectivity index (χ0v) is 25.1. The molecule has 46 heavy (non-hydrogen) atoms. The second-order valence-electron chi connectivity index (χ2n) is 9.20. The number of nitrogens with one attached hydrogen (secondary N) is 2. The number of pyridine rings is 3. The highest BCUT2D eigenvalue weighted by Crippen LogP contribution is 2.09. The lowest BCUT2D eigenvalue weighted by molar-refractivity contribution is 0.0591. The first kappa shape index (κ1) is 34.3. The first-order chi connectivity index (χ1) is 22.3. The molecule has 5 aromatic rings. The van der Waals surface area contributed by atoms with E-state index < -0.39 is 17.9 Å². The number of aromatic carboxylic acids is 1. The minimum atomic E-state index is -0.966. The van der Waals surface area contributed by atoms with E-state index >= 15 is 0 Å². The number of hydrogen-bond donors (Lipinski definition) is 3. The molecule has 0 unspecified atom stereocenters. The van der Waals surface area contributed by atoms with Gasteiger partial charge in [0.25, 0.3) is 0 Å². The van der Waals surface area contributed by atoms with Crippen LogP contribution in [0.2, 0.25) is 0 Å². The van der Waals surface area contributed by atoms with Crippen molar-refractivity contribution in [2.24, 2.45) is 0 Å². The number of halogens is 1. The molecule has 0 spiro atoms. The summed E-state index contributed by atoms with van der Waals surface area (Å²) in [6.45, 7) is 1.37. The molecule has 2 aromatic carbocycles. The number of carbonyl (C=O) groups is 3. The van der Waals surface area contributed by atoms with Crippen LogP contribution in [0.15, 0.2) is 116 Å². The molecule has 0 saturated carbocycles. The van der Waals surface area contributed by atoms with Gasteiger partial charge in [-0.2, -0.15) is 4.39 Å². The summed E-state index contributed by atoms with van der Waals surface area (Å²) in [5.41, 5.74) is 3.21. The lowest BCUT2D eigenvalue weighted by Gasteiger charge is -2.06. The Labute approximate surface area is 265 Å². The van der Waals surface area contributed by atoms with Gasteiger partial charge in [-0.05, 0) is 47.5 Å². The molecule has 0 saturated heterocycles. The molecule has 236 valence electrons. The van der Waals surface area contributed by atoms with Crippen LogP contribution in [0.5, 0.6) is 0 Å².